The number of hydrogen-bond acceptors (Lipinski definition) is 3. The molecule has 0 bridgehead atoms. The van der Waals surface area contributed by atoms with Gasteiger partial charge in [-0.3, -0.25) is 0 Å². The van der Waals surface area contributed by atoms with Crippen molar-refractivity contribution in [2.45, 2.75) is 26.7 Å². The molecule has 0 aliphatic carbocycles. The number of aromatic nitrogens is 1. The van der Waals surface area contributed by atoms with Gasteiger partial charge in [0.1, 0.15) is 0 Å². The first-order chi connectivity index (χ1) is 6.52. The Labute approximate surface area is 84.6 Å². The van der Waals surface area contributed by atoms with Crippen molar-refractivity contribution in [3.05, 3.63) is 11.3 Å². The summed E-state index contributed by atoms with van der Waals surface area (Å²) in [5.74, 6) is 1.00. The third kappa shape index (κ3) is 2.34. The summed E-state index contributed by atoms with van der Waals surface area (Å²) in [6.07, 6.45) is 1.71. The zero-order valence-electron chi connectivity index (χ0n) is 9.40. The molecule has 0 aliphatic rings. The molecule has 0 unspecified atom stereocenters. The molecule has 0 fully saturated rings. The molecule has 1 rings (SSSR count). The normalized spacial score (nSPS) is 11.6. The molecule has 0 spiro atoms. The first-order valence-electron chi connectivity index (χ1n) is 4.69. The van der Waals surface area contributed by atoms with E-state index < -0.39 is 0 Å². The third-order valence-corrected chi connectivity index (χ3v) is 1.87. The van der Waals surface area contributed by atoms with Gasteiger partial charge in [0.15, 0.2) is 0 Å². The van der Waals surface area contributed by atoms with Gasteiger partial charge in [-0.2, -0.15) is 0 Å². The van der Waals surface area contributed by atoms with Gasteiger partial charge in [-0.1, -0.05) is 19.0 Å². The van der Waals surface area contributed by atoms with E-state index in [-0.39, 0.29) is 0 Å². The fourth-order valence-corrected chi connectivity index (χ4v) is 1.29. The molecule has 14 heavy (non-hydrogen) atoms. The van der Waals surface area contributed by atoms with E-state index in [1.165, 1.54) is 0 Å². The van der Waals surface area contributed by atoms with Gasteiger partial charge in [0.2, 0.25) is 0 Å². The first-order valence-corrected chi connectivity index (χ1v) is 4.69. The quantitative estimate of drug-likeness (QED) is 0.549. The van der Waals surface area contributed by atoms with Crippen molar-refractivity contribution in [3.63, 3.8) is 0 Å². The van der Waals surface area contributed by atoms with Crippen LogP contribution in [-0.4, -0.2) is 30.5 Å². The summed E-state index contributed by atoms with van der Waals surface area (Å²) in [4.78, 5) is 6.08. The highest BCUT2D eigenvalue weighted by molar-refractivity contribution is 5.60. The van der Waals surface area contributed by atoms with Crippen LogP contribution in [-0.2, 0) is 0 Å². The lowest BCUT2D eigenvalue weighted by molar-refractivity contribution is 0.424. The average molecular weight is 195 g/mol. The van der Waals surface area contributed by atoms with Crippen molar-refractivity contribution < 1.29 is 4.52 Å². The monoisotopic (exact) mass is 195 g/mol. The summed E-state index contributed by atoms with van der Waals surface area (Å²) in [5.41, 5.74) is 2.01. The Bertz CT molecular complexity index is 326. The second-order valence-corrected chi connectivity index (χ2v) is 3.85. The summed E-state index contributed by atoms with van der Waals surface area (Å²) in [5, 5.41) is 3.91. The lowest BCUT2D eigenvalue weighted by Gasteiger charge is -2.04. The van der Waals surface area contributed by atoms with E-state index in [1.54, 1.807) is 6.34 Å². The predicted molar refractivity (Wildman–Crippen MR) is 57.2 cm³/mol. The lowest BCUT2D eigenvalue weighted by atomic mass is 10.0. The molecule has 0 saturated heterocycles. The highest BCUT2D eigenvalue weighted by Crippen LogP contribution is 2.29. The molecule has 1 aromatic heterocycles. The molecule has 0 N–H and O–H groups in total. The zero-order valence-corrected chi connectivity index (χ0v) is 9.40. The van der Waals surface area contributed by atoms with Gasteiger partial charge in [0.25, 0.3) is 5.88 Å². The number of rotatable bonds is 3. The zero-order chi connectivity index (χ0) is 10.7. The van der Waals surface area contributed by atoms with E-state index in [9.17, 15) is 0 Å². The molecule has 4 nitrogen and oxygen atoms in total. The maximum atomic E-state index is 5.13. The Kier molecular flexibility index (Phi) is 3.28. The van der Waals surface area contributed by atoms with E-state index in [0.29, 0.717) is 11.8 Å². The summed E-state index contributed by atoms with van der Waals surface area (Å²) in [7, 11) is 3.84. The van der Waals surface area contributed by atoms with Crippen LogP contribution in [0.5, 0.6) is 0 Å². The second-order valence-electron chi connectivity index (χ2n) is 3.85. The predicted octanol–water partition coefficient (Wildman–Crippen LogP) is 2.33. The smallest absolute Gasteiger partial charge is 0.255 e. The number of aryl methyl sites for hydroxylation is 1. The molecular formula is C10H17N3O. The molecule has 0 saturated carbocycles. The van der Waals surface area contributed by atoms with Crippen LogP contribution in [0.25, 0.3) is 0 Å². The minimum absolute atomic E-state index is 0.385. The molecular weight excluding hydrogens is 178 g/mol. The second kappa shape index (κ2) is 4.26. The van der Waals surface area contributed by atoms with Gasteiger partial charge in [0, 0.05) is 19.7 Å². The maximum Gasteiger partial charge on any atom is 0.255 e. The average Bonchev–Trinajstić information content (AvgIpc) is 2.43. The van der Waals surface area contributed by atoms with E-state index in [4.69, 9.17) is 4.52 Å². The minimum atomic E-state index is 0.385. The number of aliphatic imine (C=N–C) groups is 1. The van der Waals surface area contributed by atoms with Crippen molar-refractivity contribution in [2.24, 2.45) is 4.99 Å². The van der Waals surface area contributed by atoms with Gasteiger partial charge < -0.3 is 9.42 Å². The van der Waals surface area contributed by atoms with Gasteiger partial charge in [0.05, 0.1) is 12.0 Å². The first kappa shape index (κ1) is 10.8. The fraction of sp³-hybridized carbons (Fsp3) is 0.600. The Balaban J connectivity index is 2.98. The van der Waals surface area contributed by atoms with E-state index in [0.717, 1.165) is 11.3 Å². The van der Waals surface area contributed by atoms with Crippen molar-refractivity contribution in [1.29, 1.82) is 0 Å². The van der Waals surface area contributed by atoms with Crippen LogP contribution < -0.4 is 0 Å². The van der Waals surface area contributed by atoms with E-state index >= 15 is 0 Å². The van der Waals surface area contributed by atoms with Crippen molar-refractivity contribution in [1.82, 2.24) is 10.1 Å². The summed E-state index contributed by atoms with van der Waals surface area (Å²) in [6.45, 7) is 6.15. The third-order valence-electron chi connectivity index (χ3n) is 1.87. The van der Waals surface area contributed by atoms with Crippen LogP contribution in [0.1, 0.15) is 31.0 Å². The molecule has 0 amide bonds. The number of hydrogen-bond donors (Lipinski definition) is 0. The minimum Gasteiger partial charge on any atom is -0.369 e. The van der Waals surface area contributed by atoms with Crippen molar-refractivity contribution in [3.8, 4) is 0 Å². The molecule has 1 heterocycles. The summed E-state index contributed by atoms with van der Waals surface area (Å²) in [6, 6.07) is 0. The topological polar surface area (TPSA) is 41.6 Å². The Hall–Kier alpha value is -1.32. The summed E-state index contributed by atoms with van der Waals surface area (Å²) >= 11 is 0. The van der Waals surface area contributed by atoms with Gasteiger partial charge in [-0.25, -0.2) is 4.99 Å². The summed E-state index contributed by atoms with van der Waals surface area (Å²) < 4.78 is 5.13. The van der Waals surface area contributed by atoms with Crippen LogP contribution in [0.4, 0.5) is 5.88 Å². The van der Waals surface area contributed by atoms with Gasteiger partial charge >= 0.3 is 0 Å². The number of nitrogens with zero attached hydrogens (tertiary/aromatic N) is 3. The van der Waals surface area contributed by atoms with Crippen LogP contribution in [0.2, 0.25) is 0 Å². The fourth-order valence-electron chi connectivity index (χ4n) is 1.29. The molecule has 1 aromatic rings. The Morgan fingerprint density at radius 2 is 2.07 bits per heavy atom. The molecule has 0 radical (unpaired) electrons. The van der Waals surface area contributed by atoms with Gasteiger partial charge in [-0.05, 0) is 12.8 Å². The Morgan fingerprint density at radius 3 is 2.57 bits per heavy atom. The molecule has 0 aliphatic heterocycles. The van der Waals surface area contributed by atoms with Crippen molar-refractivity contribution in [2.75, 3.05) is 14.1 Å². The highest BCUT2D eigenvalue weighted by Gasteiger charge is 2.14. The molecule has 4 heteroatoms. The van der Waals surface area contributed by atoms with Crippen LogP contribution >= 0.6 is 0 Å². The largest absolute Gasteiger partial charge is 0.369 e. The molecule has 0 atom stereocenters. The Morgan fingerprint density at radius 1 is 1.43 bits per heavy atom. The maximum absolute atomic E-state index is 5.13. The van der Waals surface area contributed by atoms with Crippen LogP contribution in [0.3, 0.4) is 0 Å². The highest BCUT2D eigenvalue weighted by atomic mass is 16.5. The molecule has 0 aromatic carbocycles. The van der Waals surface area contributed by atoms with Crippen LogP contribution in [0, 0.1) is 6.92 Å². The van der Waals surface area contributed by atoms with Crippen LogP contribution in [0.15, 0.2) is 9.52 Å². The molecule has 78 valence electrons. The van der Waals surface area contributed by atoms with E-state index in [2.05, 4.69) is 24.0 Å². The van der Waals surface area contributed by atoms with Gasteiger partial charge in [-0.15, -0.1) is 0 Å². The standard InChI is InChI=1S/C10H17N3O/c1-7(2)9-8(3)12-14-10(9)11-6-13(4)5/h6-7H,1-5H3/b11-6+. The lowest BCUT2D eigenvalue weighted by Crippen LogP contribution is -2.07. The SMILES string of the molecule is Cc1noc(/N=C/N(C)C)c1C(C)C. The van der Waals surface area contributed by atoms with Crippen molar-refractivity contribution >= 4 is 12.2 Å². The van der Waals surface area contributed by atoms with E-state index in [1.807, 2.05) is 25.9 Å².